The van der Waals surface area contributed by atoms with Crippen LogP contribution in [0.4, 0.5) is 0 Å². The molecule has 4 nitrogen and oxygen atoms in total. The molecule has 1 amide bonds. The number of phenols is 1. The Bertz CT molecular complexity index is 598. The lowest BCUT2D eigenvalue weighted by Gasteiger charge is -2.07. The van der Waals surface area contributed by atoms with Crippen LogP contribution in [0.1, 0.15) is 102 Å². The molecule has 30 heavy (non-hydrogen) atoms. The number of hydrogen-bond acceptors (Lipinski definition) is 3. The first-order chi connectivity index (χ1) is 14.7. The van der Waals surface area contributed by atoms with Crippen LogP contribution < -0.4 is 10.1 Å². The van der Waals surface area contributed by atoms with Gasteiger partial charge in [-0.05, 0) is 36.6 Å². The highest BCUT2D eigenvalue weighted by atomic mass is 16.5. The summed E-state index contributed by atoms with van der Waals surface area (Å²) in [6.45, 7) is 2.69. The molecule has 0 aliphatic carbocycles. The van der Waals surface area contributed by atoms with E-state index in [0.29, 0.717) is 12.3 Å². The van der Waals surface area contributed by atoms with Crippen LogP contribution in [-0.4, -0.2) is 18.1 Å². The Hall–Kier alpha value is -1.97. The predicted molar refractivity (Wildman–Crippen MR) is 126 cm³/mol. The van der Waals surface area contributed by atoms with E-state index in [4.69, 9.17) is 4.74 Å². The van der Waals surface area contributed by atoms with Gasteiger partial charge < -0.3 is 15.2 Å². The minimum Gasteiger partial charge on any atom is -0.504 e. The van der Waals surface area contributed by atoms with E-state index in [1.807, 2.05) is 6.08 Å². The molecule has 0 unspecified atom stereocenters. The van der Waals surface area contributed by atoms with Crippen molar-refractivity contribution in [2.24, 2.45) is 0 Å². The van der Waals surface area contributed by atoms with Crippen molar-refractivity contribution in [2.45, 2.75) is 103 Å². The molecule has 1 aromatic rings. The van der Waals surface area contributed by atoms with Gasteiger partial charge in [-0.25, -0.2) is 0 Å². The number of phenolic OH excluding ortho intramolecular Hbond substituents is 1. The summed E-state index contributed by atoms with van der Waals surface area (Å²) >= 11 is 0. The fourth-order valence-corrected chi connectivity index (χ4v) is 3.55. The molecule has 0 atom stereocenters. The molecule has 0 bridgehead atoms. The van der Waals surface area contributed by atoms with Gasteiger partial charge in [-0.15, -0.1) is 0 Å². The molecule has 0 aliphatic rings. The zero-order valence-corrected chi connectivity index (χ0v) is 19.3. The number of aromatic hydroxyl groups is 1. The smallest absolute Gasteiger partial charge is 0.243 e. The maximum absolute atomic E-state index is 11.9. The van der Waals surface area contributed by atoms with E-state index in [1.165, 1.54) is 84.2 Å². The summed E-state index contributed by atoms with van der Waals surface area (Å²) in [6.07, 6.45) is 22.2. The second-order valence-electron chi connectivity index (χ2n) is 8.16. The number of benzene rings is 1. The SMILES string of the molecule is CCCCCCCCCCCCCCC/C=C\C(=O)NCc1ccc(O)c(OC)c1. The summed E-state index contributed by atoms with van der Waals surface area (Å²) in [5.41, 5.74) is 0.892. The third-order valence-corrected chi connectivity index (χ3v) is 5.45. The number of methoxy groups -OCH3 is 1. The van der Waals surface area contributed by atoms with Crippen molar-refractivity contribution in [2.75, 3.05) is 7.11 Å². The Balaban J connectivity index is 1.94. The number of amides is 1. The molecular formula is C26H43NO3. The topological polar surface area (TPSA) is 58.6 Å². The minimum atomic E-state index is -0.0864. The highest BCUT2D eigenvalue weighted by Crippen LogP contribution is 2.26. The zero-order valence-electron chi connectivity index (χ0n) is 19.3. The van der Waals surface area contributed by atoms with Crippen molar-refractivity contribution in [1.29, 1.82) is 0 Å². The molecule has 0 saturated carbocycles. The van der Waals surface area contributed by atoms with E-state index in [9.17, 15) is 9.90 Å². The van der Waals surface area contributed by atoms with E-state index in [0.717, 1.165) is 18.4 Å². The highest BCUT2D eigenvalue weighted by molar-refractivity contribution is 5.87. The average Bonchev–Trinajstić information content (AvgIpc) is 2.75. The monoisotopic (exact) mass is 417 g/mol. The maximum Gasteiger partial charge on any atom is 0.243 e. The summed E-state index contributed by atoms with van der Waals surface area (Å²) in [7, 11) is 1.51. The van der Waals surface area contributed by atoms with Gasteiger partial charge in [-0.3, -0.25) is 4.79 Å². The maximum atomic E-state index is 11.9. The Labute approximate surface area is 184 Å². The standard InChI is InChI=1S/C26H43NO3/c1-3-4-5-6-7-8-9-10-11-12-13-14-15-16-17-18-26(29)27-22-23-19-20-24(28)25(21-23)30-2/h17-21,28H,3-16,22H2,1-2H3,(H,27,29)/b18-17-. The number of unbranched alkanes of at least 4 members (excludes halogenated alkanes) is 13. The van der Waals surface area contributed by atoms with Gasteiger partial charge in [0.1, 0.15) is 0 Å². The lowest BCUT2D eigenvalue weighted by molar-refractivity contribution is -0.116. The van der Waals surface area contributed by atoms with Gasteiger partial charge in [0, 0.05) is 6.54 Å². The third kappa shape index (κ3) is 13.3. The Morgan fingerprint density at radius 1 is 0.933 bits per heavy atom. The normalized spacial score (nSPS) is 11.1. The van der Waals surface area contributed by atoms with Gasteiger partial charge in [0.15, 0.2) is 11.5 Å². The van der Waals surface area contributed by atoms with Crippen LogP contribution in [-0.2, 0) is 11.3 Å². The Kier molecular flexibility index (Phi) is 15.5. The van der Waals surface area contributed by atoms with E-state index >= 15 is 0 Å². The fourth-order valence-electron chi connectivity index (χ4n) is 3.55. The number of ether oxygens (including phenoxy) is 1. The van der Waals surface area contributed by atoms with E-state index in [2.05, 4.69) is 12.2 Å². The van der Waals surface area contributed by atoms with E-state index in [1.54, 1.807) is 24.3 Å². The van der Waals surface area contributed by atoms with Crippen LogP contribution >= 0.6 is 0 Å². The summed E-state index contributed by atoms with van der Waals surface area (Å²) in [4.78, 5) is 11.9. The predicted octanol–water partition coefficient (Wildman–Crippen LogP) is 7.05. The van der Waals surface area contributed by atoms with Crippen molar-refractivity contribution in [1.82, 2.24) is 5.32 Å². The molecule has 0 fully saturated rings. The third-order valence-electron chi connectivity index (χ3n) is 5.45. The van der Waals surface area contributed by atoms with Gasteiger partial charge in [0.25, 0.3) is 0 Å². The van der Waals surface area contributed by atoms with Gasteiger partial charge in [0.2, 0.25) is 5.91 Å². The first kappa shape index (κ1) is 26.1. The molecule has 0 spiro atoms. The molecule has 0 radical (unpaired) electrons. The average molecular weight is 418 g/mol. The largest absolute Gasteiger partial charge is 0.504 e. The molecule has 0 aromatic heterocycles. The van der Waals surface area contributed by atoms with Crippen molar-refractivity contribution in [3.05, 3.63) is 35.9 Å². The summed E-state index contributed by atoms with van der Waals surface area (Å²) in [6, 6.07) is 5.08. The summed E-state index contributed by atoms with van der Waals surface area (Å²) in [5, 5.41) is 12.4. The second kappa shape index (κ2) is 17.9. The van der Waals surface area contributed by atoms with Crippen LogP contribution in [0.25, 0.3) is 0 Å². The van der Waals surface area contributed by atoms with Crippen molar-refractivity contribution in [3.8, 4) is 11.5 Å². The van der Waals surface area contributed by atoms with Crippen LogP contribution in [0.3, 0.4) is 0 Å². The first-order valence-electron chi connectivity index (χ1n) is 12.0. The number of hydrogen-bond donors (Lipinski definition) is 2. The minimum absolute atomic E-state index is 0.0864. The quantitative estimate of drug-likeness (QED) is 0.199. The van der Waals surface area contributed by atoms with Crippen LogP contribution in [0, 0.1) is 0 Å². The van der Waals surface area contributed by atoms with E-state index < -0.39 is 0 Å². The van der Waals surface area contributed by atoms with Crippen molar-refractivity contribution >= 4 is 5.91 Å². The molecule has 170 valence electrons. The van der Waals surface area contributed by atoms with Crippen molar-refractivity contribution < 1.29 is 14.6 Å². The molecular weight excluding hydrogens is 374 g/mol. The number of carbonyl (C=O) groups excluding carboxylic acids is 1. The fraction of sp³-hybridized carbons (Fsp3) is 0.654. The molecule has 0 heterocycles. The zero-order chi connectivity index (χ0) is 21.9. The molecule has 1 rings (SSSR count). The van der Waals surface area contributed by atoms with Gasteiger partial charge in [0.05, 0.1) is 7.11 Å². The van der Waals surface area contributed by atoms with Gasteiger partial charge in [-0.2, -0.15) is 0 Å². The number of nitrogens with one attached hydrogen (secondary N) is 1. The number of allylic oxidation sites excluding steroid dienone is 1. The van der Waals surface area contributed by atoms with Gasteiger partial charge in [-0.1, -0.05) is 96.1 Å². The summed E-state index contributed by atoms with van der Waals surface area (Å²) in [5.74, 6) is 0.432. The van der Waals surface area contributed by atoms with Crippen molar-refractivity contribution in [3.63, 3.8) is 0 Å². The van der Waals surface area contributed by atoms with Crippen LogP contribution in [0.15, 0.2) is 30.4 Å². The highest BCUT2D eigenvalue weighted by Gasteiger charge is 2.03. The number of rotatable bonds is 18. The molecule has 1 aromatic carbocycles. The Morgan fingerprint density at radius 3 is 2.07 bits per heavy atom. The molecule has 0 saturated heterocycles. The molecule has 4 heteroatoms. The second-order valence-corrected chi connectivity index (χ2v) is 8.16. The number of carbonyl (C=O) groups is 1. The lowest BCUT2D eigenvalue weighted by atomic mass is 10.0. The van der Waals surface area contributed by atoms with E-state index in [-0.39, 0.29) is 11.7 Å². The summed E-state index contributed by atoms with van der Waals surface area (Å²) < 4.78 is 5.08. The van der Waals surface area contributed by atoms with Crippen LogP contribution in [0.2, 0.25) is 0 Å². The Morgan fingerprint density at radius 2 is 1.50 bits per heavy atom. The molecule has 0 aliphatic heterocycles. The lowest BCUT2D eigenvalue weighted by Crippen LogP contribution is -2.20. The van der Waals surface area contributed by atoms with Gasteiger partial charge >= 0.3 is 0 Å². The molecule has 2 N–H and O–H groups in total. The van der Waals surface area contributed by atoms with Crippen LogP contribution in [0.5, 0.6) is 11.5 Å². The first-order valence-corrected chi connectivity index (χ1v) is 12.0.